The molecule has 0 bridgehead atoms. The van der Waals surface area contributed by atoms with Crippen molar-refractivity contribution < 1.29 is 4.79 Å². The number of hydrogen-bond acceptors (Lipinski definition) is 1. The van der Waals surface area contributed by atoms with Crippen LogP contribution in [0.3, 0.4) is 0 Å². The van der Waals surface area contributed by atoms with Gasteiger partial charge in [-0.25, -0.2) is 0 Å². The normalized spacial score (nSPS) is 9.77. The maximum absolute atomic E-state index is 11.1. The van der Waals surface area contributed by atoms with E-state index in [0.717, 1.165) is 10.2 Å². The number of hydrogen-bond donors (Lipinski definition) is 1. The Labute approximate surface area is 90.4 Å². The van der Waals surface area contributed by atoms with Gasteiger partial charge in [-0.2, -0.15) is 0 Å². The van der Waals surface area contributed by atoms with Crippen LogP contribution in [-0.2, 0) is 4.79 Å². The van der Waals surface area contributed by atoms with Crippen LogP contribution in [0.1, 0.15) is 13.3 Å². The molecule has 13 heavy (non-hydrogen) atoms. The Balaban J connectivity index is 2.83. The van der Waals surface area contributed by atoms with E-state index in [1.165, 1.54) is 0 Å². The van der Waals surface area contributed by atoms with Crippen molar-refractivity contribution in [2.75, 3.05) is 5.32 Å². The first kappa shape index (κ1) is 10.5. The Morgan fingerprint density at radius 2 is 2.31 bits per heavy atom. The van der Waals surface area contributed by atoms with Gasteiger partial charge in [-0.1, -0.05) is 18.5 Å². The molecule has 0 unspecified atom stereocenters. The van der Waals surface area contributed by atoms with Crippen LogP contribution in [-0.4, -0.2) is 5.91 Å². The number of rotatable bonds is 2. The van der Waals surface area contributed by atoms with E-state index in [9.17, 15) is 4.79 Å². The van der Waals surface area contributed by atoms with E-state index in [0.29, 0.717) is 11.4 Å². The first-order valence-corrected chi connectivity index (χ1v) is 5.05. The van der Waals surface area contributed by atoms with E-state index in [1.807, 2.05) is 0 Å². The second kappa shape index (κ2) is 4.63. The fraction of sp³-hybridized carbons (Fsp3) is 0.222. The van der Waals surface area contributed by atoms with Gasteiger partial charge in [0, 0.05) is 15.9 Å². The number of benzene rings is 1. The molecule has 70 valence electrons. The van der Waals surface area contributed by atoms with Crippen molar-refractivity contribution in [3.05, 3.63) is 27.7 Å². The summed E-state index contributed by atoms with van der Waals surface area (Å²) < 4.78 is 0.793. The van der Waals surface area contributed by atoms with Crippen LogP contribution >= 0.6 is 27.5 Å². The van der Waals surface area contributed by atoms with E-state index in [2.05, 4.69) is 21.2 Å². The average Bonchev–Trinajstić information content (AvgIpc) is 2.09. The van der Waals surface area contributed by atoms with Gasteiger partial charge in [-0.05, 0) is 34.1 Å². The van der Waals surface area contributed by atoms with Crippen molar-refractivity contribution >= 4 is 39.1 Å². The Bertz CT molecular complexity index is 327. The molecule has 0 aliphatic carbocycles. The Morgan fingerprint density at radius 1 is 1.62 bits per heavy atom. The van der Waals surface area contributed by atoms with Crippen LogP contribution in [0.4, 0.5) is 5.69 Å². The summed E-state index contributed by atoms with van der Waals surface area (Å²) in [5.41, 5.74) is 0.747. The first-order chi connectivity index (χ1) is 6.13. The molecule has 1 amide bonds. The minimum absolute atomic E-state index is 0.0111. The van der Waals surface area contributed by atoms with E-state index in [-0.39, 0.29) is 5.91 Å². The smallest absolute Gasteiger partial charge is 0.224 e. The summed E-state index contributed by atoms with van der Waals surface area (Å²) in [6, 6.07) is 5.24. The fourth-order valence-electron chi connectivity index (χ4n) is 0.829. The summed E-state index contributed by atoms with van der Waals surface area (Å²) in [4.78, 5) is 11.1. The number of carbonyl (C=O) groups is 1. The number of halogens is 2. The maximum Gasteiger partial charge on any atom is 0.224 e. The standard InChI is InChI=1S/C9H9BrClNO/c1-2-9(13)12-8-4-3-6(11)5-7(8)10/h3-5H,2H2,1H3,(H,12,13). The largest absolute Gasteiger partial charge is 0.325 e. The summed E-state index contributed by atoms with van der Waals surface area (Å²) in [6.07, 6.45) is 0.467. The Hall–Kier alpha value is -0.540. The third-order valence-electron chi connectivity index (χ3n) is 1.53. The average molecular weight is 263 g/mol. The maximum atomic E-state index is 11.1. The first-order valence-electron chi connectivity index (χ1n) is 3.88. The van der Waals surface area contributed by atoms with E-state index in [1.54, 1.807) is 25.1 Å². The predicted octanol–water partition coefficient (Wildman–Crippen LogP) is 3.45. The molecule has 0 aromatic heterocycles. The monoisotopic (exact) mass is 261 g/mol. The van der Waals surface area contributed by atoms with Crippen molar-refractivity contribution in [3.8, 4) is 0 Å². The molecule has 0 aliphatic heterocycles. The lowest BCUT2D eigenvalue weighted by Crippen LogP contribution is -2.09. The highest BCUT2D eigenvalue weighted by Crippen LogP contribution is 2.25. The highest BCUT2D eigenvalue weighted by molar-refractivity contribution is 9.10. The quantitative estimate of drug-likeness (QED) is 0.869. The summed E-state index contributed by atoms with van der Waals surface area (Å²) in [5.74, 6) is -0.0111. The van der Waals surface area contributed by atoms with Gasteiger partial charge < -0.3 is 5.32 Å². The molecule has 1 N–H and O–H groups in total. The molecule has 0 radical (unpaired) electrons. The number of anilines is 1. The molecule has 1 aromatic carbocycles. The summed E-state index contributed by atoms with van der Waals surface area (Å²) >= 11 is 9.05. The van der Waals surface area contributed by atoms with Gasteiger partial charge >= 0.3 is 0 Å². The lowest BCUT2D eigenvalue weighted by molar-refractivity contribution is -0.115. The molecule has 1 rings (SSSR count). The molecule has 2 nitrogen and oxygen atoms in total. The topological polar surface area (TPSA) is 29.1 Å². The predicted molar refractivity (Wildman–Crippen MR) is 58.1 cm³/mol. The zero-order valence-corrected chi connectivity index (χ0v) is 9.45. The zero-order chi connectivity index (χ0) is 9.84. The fourth-order valence-corrected chi connectivity index (χ4v) is 1.61. The molecule has 0 aliphatic rings. The highest BCUT2D eigenvalue weighted by Gasteiger charge is 2.03. The van der Waals surface area contributed by atoms with Gasteiger partial charge in [0.05, 0.1) is 5.69 Å². The zero-order valence-electron chi connectivity index (χ0n) is 7.10. The van der Waals surface area contributed by atoms with Gasteiger partial charge in [-0.3, -0.25) is 4.79 Å². The highest BCUT2D eigenvalue weighted by atomic mass is 79.9. The molecular weight excluding hydrogens is 253 g/mol. The van der Waals surface area contributed by atoms with Crippen LogP contribution < -0.4 is 5.32 Å². The SMILES string of the molecule is CCC(=O)Nc1ccc(Cl)cc1Br. The van der Waals surface area contributed by atoms with Gasteiger partial charge in [0.1, 0.15) is 0 Å². The minimum atomic E-state index is -0.0111. The summed E-state index contributed by atoms with van der Waals surface area (Å²) in [5, 5.41) is 3.38. The molecular formula is C9H9BrClNO. The molecule has 0 saturated heterocycles. The second-order valence-electron chi connectivity index (χ2n) is 2.53. The second-order valence-corrected chi connectivity index (χ2v) is 3.82. The van der Waals surface area contributed by atoms with Crippen molar-refractivity contribution in [1.82, 2.24) is 0 Å². The summed E-state index contributed by atoms with van der Waals surface area (Å²) in [7, 11) is 0. The molecule has 0 saturated carbocycles. The van der Waals surface area contributed by atoms with E-state index in [4.69, 9.17) is 11.6 Å². The third kappa shape index (κ3) is 3.01. The van der Waals surface area contributed by atoms with Crippen LogP contribution in [0.25, 0.3) is 0 Å². The molecule has 1 aromatic rings. The van der Waals surface area contributed by atoms with Gasteiger partial charge in [0.2, 0.25) is 5.91 Å². The Morgan fingerprint density at radius 3 is 2.85 bits per heavy atom. The van der Waals surface area contributed by atoms with Crippen LogP contribution in [0.5, 0.6) is 0 Å². The van der Waals surface area contributed by atoms with Gasteiger partial charge in [0.15, 0.2) is 0 Å². The van der Waals surface area contributed by atoms with Crippen molar-refractivity contribution in [2.45, 2.75) is 13.3 Å². The lowest BCUT2D eigenvalue weighted by atomic mass is 10.3. The molecule has 4 heteroatoms. The lowest BCUT2D eigenvalue weighted by Gasteiger charge is -2.05. The van der Waals surface area contributed by atoms with Gasteiger partial charge in [0.25, 0.3) is 0 Å². The molecule has 0 fully saturated rings. The van der Waals surface area contributed by atoms with E-state index >= 15 is 0 Å². The summed E-state index contributed by atoms with van der Waals surface area (Å²) in [6.45, 7) is 1.80. The van der Waals surface area contributed by atoms with Crippen LogP contribution in [0.2, 0.25) is 5.02 Å². The van der Waals surface area contributed by atoms with Crippen molar-refractivity contribution in [1.29, 1.82) is 0 Å². The van der Waals surface area contributed by atoms with Crippen LogP contribution in [0.15, 0.2) is 22.7 Å². The molecule has 0 atom stereocenters. The minimum Gasteiger partial charge on any atom is -0.325 e. The van der Waals surface area contributed by atoms with Crippen LogP contribution in [0, 0.1) is 0 Å². The number of nitrogens with one attached hydrogen (secondary N) is 1. The molecule has 0 heterocycles. The van der Waals surface area contributed by atoms with Crippen molar-refractivity contribution in [3.63, 3.8) is 0 Å². The number of carbonyl (C=O) groups excluding carboxylic acids is 1. The Kier molecular flexibility index (Phi) is 3.75. The number of amides is 1. The van der Waals surface area contributed by atoms with Crippen molar-refractivity contribution in [2.24, 2.45) is 0 Å². The van der Waals surface area contributed by atoms with E-state index < -0.39 is 0 Å². The van der Waals surface area contributed by atoms with Gasteiger partial charge in [-0.15, -0.1) is 0 Å². The molecule has 0 spiro atoms. The third-order valence-corrected chi connectivity index (χ3v) is 2.42.